The molecule has 1 heterocycles. The van der Waals surface area contributed by atoms with Gasteiger partial charge in [-0.15, -0.1) is 0 Å². The fourth-order valence-electron chi connectivity index (χ4n) is 3.70. The Morgan fingerprint density at radius 1 is 1.29 bits per heavy atom. The summed E-state index contributed by atoms with van der Waals surface area (Å²) < 4.78 is 0. The molecule has 6 heteroatoms. The fraction of sp³-hybridized carbons (Fsp3) is 0.867. The average Bonchev–Trinajstić information content (AvgIpc) is 2.86. The second-order valence-corrected chi connectivity index (χ2v) is 6.50. The molecule has 6 nitrogen and oxygen atoms in total. The average molecular weight is 297 g/mol. The predicted molar refractivity (Wildman–Crippen MR) is 80.2 cm³/mol. The van der Waals surface area contributed by atoms with Crippen LogP contribution in [0.4, 0.5) is 4.79 Å². The van der Waals surface area contributed by atoms with E-state index in [1.165, 1.54) is 0 Å². The molecule has 2 amide bonds. The number of nitrogens with one attached hydrogen (secondary N) is 2. The van der Waals surface area contributed by atoms with Crippen LogP contribution < -0.4 is 10.6 Å². The standard InChI is InChI=1S/C15H27N3O3/c1-16-10-12-5-4-8-18(11-12)14(21)17-15(9-13(19)20)6-2-3-7-15/h12,16H,2-11H2,1H3,(H,17,21)(H,19,20). The van der Waals surface area contributed by atoms with Crippen LogP contribution in [0.5, 0.6) is 0 Å². The largest absolute Gasteiger partial charge is 0.481 e. The summed E-state index contributed by atoms with van der Waals surface area (Å²) >= 11 is 0. The zero-order valence-corrected chi connectivity index (χ0v) is 12.9. The minimum Gasteiger partial charge on any atom is -0.481 e. The van der Waals surface area contributed by atoms with Gasteiger partial charge in [-0.25, -0.2) is 4.79 Å². The molecule has 0 aromatic rings. The van der Waals surface area contributed by atoms with Crippen LogP contribution in [-0.2, 0) is 4.79 Å². The van der Waals surface area contributed by atoms with Gasteiger partial charge in [0.1, 0.15) is 0 Å². The van der Waals surface area contributed by atoms with Crippen molar-refractivity contribution in [3.63, 3.8) is 0 Å². The Hall–Kier alpha value is -1.30. The maximum absolute atomic E-state index is 12.5. The van der Waals surface area contributed by atoms with Crippen molar-refractivity contribution in [2.45, 2.75) is 50.5 Å². The summed E-state index contributed by atoms with van der Waals surface area (Å²) in [7, 11) is 1.93. The molecule has 0 spiro atoms. The smallest absolute Gasteiger partial charge is 0.317 e. The van der Waals surface area contributed by atoms with Gasteiger partial charge in [0.05, 0.1) is 12.0 Å². The number of urea groups is 1. The zero-order chi connectivity index (χ0) is 15.3. The van der Waals surface area contributed by atoms with E-state index in [9.17, 15) is 9.59 Å². The number of carboxylic acids is 1. The molecule has 2 fully saturated rings. The molecule has 1 aliphatic carbocycles. The van der Waals surface area contributed by atoms with Gasteiger partial charge in [0.15, 0.2) is 0 Å². The van der Waals surface area contributed by atoms with Crippen LogP contribution >= 0.6 is 0 Å². The monoisotopic (exact) mass is 297 g/mol. The van der Waals surface area contributed by atoms with Crippen molar-refractivity contribution in [2.24, 2.45) is 5.92 Å². The molecule has 1 atom stereocenters. The molecule has 0 aromatic heterocycles. The first-order chi connectivity index (χ1) is 10.0. The summed E-state index contributed by atoms with van der Waals surface area (Å²) in [6, 6.07) is -0.0843. The fourth-order valence-corrected chi connectivity index (χ4v) is 3.70. The third kappa shape index (κ3) is 4.33. The Morgan fingerprint density at radius 3 is 2.62 bits per heavy atom. The highest BCUT2D eigenvalue weighted by molar-refractivity contribution is 5.77. The summed E-state index contributed by atoms with van der Waals surface area (Å²) in [5, 5.41) is 15.3. The molecule has 21 heavy (non-hydrogen) atoms. The van der Waals surface area contributed by atoms with E-state index in [1.54, 1.807) is 0 Å². The number of carbonyl (C=O) groups excluding carboxylic acids is 1. The van der Waals surface area contributed by atoms with Crippen LogP contribution in [0.2, 0.25) is 0 Å². The zero-order valence-electron chi connectivity index (χ0n) is 12.9. The normalized spacial score (nSPS) is 24.8. The molecule has 1 saturated heterocycles. The highest BCUT2D eigenvalue weighted by Crippen LogP contribution is 2.33. The van der Waals surface area contributed by atoms with E-state index < -0.39 is 11.5 Å². The van der Waals surface area contributed by atoms with Gasteiger partial charge < -0.3 is 20.6 Å². The Balaban J connectivity index is 1.93. The number of carboxylic acid groups (broad SMARTS) is 1. The van der Waals surface area contributed by atoms with Crippen LogP contribution in [0.15, 0.2) is 0 Å². The molecule has 0 bridgehead atoms. The highest BCUT2D eigenvalue weighted by Gasteiger charge is 2.38. The number of rotatable bonds is 5. The number of carbonyl (C=O) groups is 2. The molecule has 1 saturated carbocycles. The summed E-state index contributed by atoms with van der Waals surface area (Å²) in [4.78, 5) is 25.4. The summed E-state index contributed by atoms with van der Waals surface area (Å²) in [5.74, 6) is -0.336. The number of piperidine rings is 1. The molecular weight excluding hydrogens is 270 g/mol. The minimum atomic E-state index is -0.830. The second kappa shape index (κ2) is 7.11. The van der Waals surface area contributed by atoms with Crippen molar-refractivity contribution in [1.29, 1.82) is 0 Å². The van der Waals surface area contributed by atoms with Gasteiger partial charge in [0, 0.05) is 13.1 Å². The number of hydrogen-bond donors (Lipinski definition) is 3. The second-order valence-electron chi connectivity index (χ2n) is 6.50. The lowest BCUT2D eigenvalue weighted by atomic mass is 9.93. The maximum atomic E-state index is 12.5. The summed E-state index contributed by atoms with van der Waals surface area (Å²) in [6.45, 7) is 2.45. The van der Waals surface area contributed by atoms with E-state index >= 15 is 0 Å². The summed E-state index contributed by atoms with van der Waals surface area (Å²) in [5.41, 5.74) is -0.529. The molecule has 1 unspecified atom stereocenters. The van der Waals surface area contributed by atoms with Gasteiger partial charge >= 0.3 is 12.0 Å². The van der Waals surface area contributed by atoms with E-state index in [-0.39, 0.29) is 12.5 Å². The summed E-state index contributed by atoms with van der Waals surface area (Å²) in [6.07, 6.45) is 5.74. The highest BCUT2D eigenvalue weighted by atomic mass is 16.4. The Kier molecular flexibility index (Phi) is 5.45. The quantitative estimate of drug-likeness (QED) is 0.717. The lowest BCUT2D eigenvalue weighted by Gasteiger charge is -2.36. The lowest BCUT2D eigenvalue weighted by molar-refractivity contribution is -0.138. The van der Waals surface area contributed by atoms with E-state index in [0.717, 1.165) is 58.2 Å². The molecule has 2 aliphatic rings. The molecule has 0 radical (unpaired) electrons. The maximum Gasteiger partial charge on any atom is 0.317 e. The van der Waals surface area contributed by atoms with E-state index in [0.29, 0.717) is 5.92 Å². The van der Waals surface area contributed by atoms with Crippen molar-refractivity contribution < 1.29 is 14.7 Å². The number of likely N-dealkylation sites (tertiary alicyclic amines) is 1. The van der Waals surface area contributed by atoms with Gasteiger partial charge in [-0.3, -0.25) is 4.79 Å². The van der Waals surface area contributed by atoms with Crippen LogP contribution in [0, 0.1) is 5.92 Å². The minimum absolute atomic E-state index is 0.0343. The Morgan fingerprint density at radius 2 is 2.00 bits per heavy atom. The first kappa shape index (κ1) is 16.1. The van der Waals surface area contributed by atoms with Gasteiger partial charge in [0.2, 0.25) is 0 Å². The molecule has 0 aromatic carbocycles. The van der Waals surface area contributed by atoms with Gasteiger partial charge in [-0.05, 0) is 45.2 Å². The first-order valence-corrected chi connectivity index (χ1v) is 7.98. The topological polar surface area (TPSA) is 81.7 Å². The molecule has 1 aliphatic heterocycles. The van der Waals surface area contributed by atoms with Crippen molar-refractivity contribution in [3.8, 4) is 0 Å². The number of hydrogen-bond acceptors (Lipinski definition) is 3. The lowest BCUT2D eigenvalue weighted by Crippen LogP contribution is -2.55. The van der Waals surface area contributed by atoms with Crippen LogP contribution in [-0.4, -0.2) is 54.2 Å². The number of amides is 2. The van der Waals surface area contributed by atoms with Crippen molar-refractivity contribution >= 4 is 12.0 Å². The molecule has 120 valence electrons. The van der Waals surface area contributed by atoms with E-state index in [1.807, 2.05) is 11.9 Å². The Labute approximate surface area is 126 Å². The van der Waals surface area contributed by atoms with Crippen LogP contribution in [0.25, 0.3) is 0 Å². The number of aliphatic carboxylic acids is 1. The molecule has 2 rings (SSSR count). The third-order valence-corrected chi connectivity index (χ3v) is 4.72. The van der Waals surface area contributed by atoms with Crippen LogP contribution in [0.3, 0.4) is 0 Å². The van der Waals surface area contributed by atoms with E-state index in [4.69, 9.17) is 5.11 Å². The SMILES string of the molecule is CNCC1CCCN(C(=O)NC2(CC(=O)O)CCCC2)C1. The van der Waals surface area contributed by atoms with Gasteiger partial charge in [-0.1, -0.05) is 12.8 Å². The predicted octanol–water partition coefficient (Wildman–Crippen LogP) is 1.41. The number of nitrogens with zero attached hydrogens (tertiary/aromatic N) is 1. The van der Waals surface area contributed by atoms with Crippen LogP contribution in [0.1, 0.15) is 44.9 Å². The molecule has 3 N–H and O–H groups in total. The first-order valence-electron chi connectivity index (χ1n) is 7.98. The van der Waals surface area contributed by atoms with Crippen molar-refractivity contribution in [3.05, 3.63) is 0 Å². The van der Waals surface area contributed by atoms with Gasteiger partial charge in [0.25, 0.3) is 0 Å². The van der Waals surface area contributed by atoms with Crippen molar-refractivity contribution in [1.82, 2.24) is 15.5 Å². The van der Waals surface area contributed by atoms with Gasteiger partial charge in [-0.2, -0.15) is 0 Å². The van der Waals surface area contributed by atoms with E-state index in [2.05, 4.69) is 10.6 Å². The Bertz CT molecular complexity index is 378. The third-order valence-electron chi connectivity index (χ3n) is 4.72. The molecular formula is C15H27N3O3. The van der Waals surface area contributed by atoms with Crippen molar-refractivity contribution in [2.75, 3.05) is 26.7 Å².